The van der Waals surface area contributed by atoms with Crippen LogP contribution in [0.25, 0.3) is 0 Å². The number of urea groups is 1. The van der Waals surface area contributed by atoms with E-state index in [0.29, 0.717) is 12.8 Å². The molecular weight excluding hydrogens is 648 g/mol. The number of unbranched alkanes of at least 4 members (excludes halogenated alkanes) is 1. The average molecular weight is 713 g/mol. The van der Waals surface area contributed by atoms with Gasteiger partial charge in [0.05, 0.1) is 12.3 Å². The molecule has 13 nitrogen and oxygen atoms in total. The van der Waals surface area contributed by atoms with E-state index in [0.717, 1.165) is 12.7 Å². The number of ketones is 1. The lowest BCUT2D eigenvalue weighted by Crippen LogP contribution is -2.62. The molecule has 14 heteroatoms. The molecule has 0 bridgehead atoms. The van der Waals surface area contributed by atoms with Gasteiger partial charge < -0.3 is 26.2 Å². The maximum atomic E-state index is 14.4. The maximum absolute atomic E-state index is 14.4. The van der Waals surface area contributed by atoms with E-state index in [2.05, 4.69) is 27.8 Å². The summed E-state index contributed by atoms with van der Waals surface area (Å²) >= 11 is 0. The lowest BCUT2D eigenvalue weighted by Gasteiger charge is -2.39. The molecule has 1 unspecified atom stereocenters. The number of carbonyl (C=O) groups excluding carboxylic acids is 5. The van der Waals surface area contributed by atoms with Crippen molar-refractivity contribution in [3.05, 3.63) is 12.7 Å². The van der Waals surface area contributed by atoms with Gasteiger partial charge in [0, 0.05) is 31.7 Å². The Balaban J connectivity index is 3.40. The highest BCUT2D eigenvalue weighted by Gasteiger charge is 2.48. The SMILES string of the molecule is C=CCNC(=O)C(=O)C(CCCC)NC(=O)[C@@H]1[C@@H](C(C)C)CCN1C(=O)[C@@H](NC(=O)N[C@H](CN(C(C)C)S(C)(=O)=O)C(C)(C)C)C(C)(C)C. The Kier molecular flexibility index (Phi) is 16.4. The Hall–Kier alpha value is -3.00. The molecule has 0 aliphatic carbocycles. The molecule has 1 heterocycles. The topological polar surface area (TPSA) is 174 Å². The van der Waals surface area contributed by atoms with Crippen LogP contribution < -0.4 is 21.3 Å². The molecule has 0 aromatic carbocycles. The number of carbonyl (C=O) groups is 5. The Labute approximate surface area is 295 Å². The number of likely N-dealkylation sites (tertiary alicyclic amines) is 1. The van der Waals surface area contributed by atoms with E-state index in [4.69, 9.17) is 0 Å². The van der Waals surface area contributed by atoms with Gasteiger partial charge in [0.2, 0.25) is 27.6 Å². The molecule has 1 aliphatic rings. The van der Waals surface area contributed by atoms with Crippen molar-refractivity contribution >= 4 is 39.6 Å². The van der Waals surface area contributed by atoms with Crippen molar-refractivity contribution in [3.8, 4) is 0 Å². The third-order valence-electron chi connectivity index (χ3n) is 9.07. The second-order valence-corrected chi connectivity index (χ2v) is 17.9. The van der Waals surface area contributed by atoms with Crippen LogP contribution in [0.1, 0.15) is 102 Å². The zero-order valence-corrected chi connectivity index (χ0v) is 32.8. The Morgan fingerprint density at radius 1 is 0.959 bits per heavy atom. The molecule has 4 N–H and O–H groups in total. The Bertz CT molecular complexity index is 1290. The van der Waals surface area contributed by atoms with Gasteiger partial charge in [0.25, 0.3) is 5.91 Å². The highest BCUT2D eigenvalue weighted by atomic mass is 32.2. The van der Waals surface area contributed by atoms with Crippen LogP contribution in [0.5, 0.6) is 0 Å². The molecule has 49 heavy (non-hydrogen) atoms. The molecule has 1 saturated heterocycles. The number of rotatable bonds is 17. The molecule has 1 fully saturated rings. The van der Waals surface area contributed by atoms with Crippen LogP contribution in [0.3, 0.4) is 0 Å². The van der Waals surface area contributed by atoms with Crippen LogP contribution >= 0.6 is 0 Å². The van der Waals surface area contributed by atoms with Crippen LogP contribution in [0.4, 0.5) is 4.79 Å². The second kappa shape index (κ2) is 18.3. The minimum absolute atomic E-state index is 0.0184. The van der Waals surface area contributed by atoms with Crippen molar-refractivity contribution in [1.82, 2.24) is 30.5 Å². The minimum Gasteiger partial charge on any atom is -0.346 e. The van der Waals surface area contributed by atoms with Crippen molar-refractivity contribution in [2.24, 2.45) is 22.7 Å². The lowest BCUT2D eigenvalue weighted by molar-refractivity contribution is -0.144. The molecule has 0 aromatic heterocycles. The van der Waals surface area contributed by atoms with Gasteiger partial charge in [-0.2, -0.15) is 4.31 Å². The van der Waals surface area contributed by atoms with E-state index in [1.165, 1.54) is 15.3 Å². The van der Waals surface area contributed by atoms with Gasteiger partial charge in [-0.1, -0.05) is 81.2 Å². The summed E-state index contributed by atoms with van der Waals surface area (Å²) in [7, 11) is -3.57. The summed E-state index contributed by atoms with van der Waals surface area (Å²) in [6, 6.07) is -4.60. The van der Waals surface area contributed by atoms with Gasteiger partial charge in [-0.05, 0) is 49.4 Å². The van der Waals surface area contributed by atoms with Gasteiger partial charge in [0.1, 0.15) is 12.1 Å². The van der Waals surface area contributed by atoms with Crippen molar-refractivity contribution in [3.63, 3.8) is 0 Å². The van der Waals surface area contributed by atoms with Crippen LogP contribution in [0.2, 0.25) is 0 Å². The summed E-state index contributed by atoms with van der Waals surface area (Å²) in [5.41, 5.74) is -1.31. The molecule has 5 amide bonds. The highest BCUT2D eigenvalue weighted by molar-refractivity contribution is 7.88. The zero-order chi connectivity index (χ0) is 38.1. The van der Waals surface area contributed by atoms with Crippen LogP contribution in [0, 0.1) is 22.7 Å². The fraction of sp³-hybridized carbons (Fsp3) is 0.800. The fourth-order valence-corrected chi connectivity index (χ4v) is 7.22. The van der Waals surface area contributed by atoms with Gasteiger partial charge in [0.15, 0.2) is 0 Å². The monoisotopic (exact) mass is 712 g/mol. The normalized spacial score (nSPS) is 19.0. The number of nitrogens with one attached hydrogen (secondary N) is 4. The van der Waals surface area contributed by atoms with Gasteiger partial charge >= 0.3 is 6.03 Å². The molecular formula is C35H64N6O7S. The predicted octanol–water partition coefficient (Wildman–Crippen LogP) is 3.20. The first kappa shape index (κ1) is 44.0. The van der Waals surface area contributed by atoms with Crippen molar-refractivity contribution in [2.45, 2.75) is 132 Å². The van der Waals surface area contributed by atoms with E-state index in [1.807, 2.05) is 62.3 Å². The quantitative estimate of drug-likeness (QED) is 0.132. The zero-order valence-electron chi connectivity index (χ0n) is 31.9. The van der Waals surface area contributed by atoms with E-state index in [1.54, 1.807) is 13.8 Å². The number of hydrogen-bond acceptors (Lipinski definition) is 7. The van der Waals surface area contributed by atoms with Crippen molar-refractivity contribution in [1.29, 1.82) is 0 Å². The third kappa shape index (κ3) is 13.0. The molecule has 5 atom stereocenters. The van der Waals surface area contributed by atoms with Gasteiger partial charge in [-0.3, -0.25) is 19.2 Å². The first-order chi connectivity index (χ1) is 22.4. The highest BCUT2D eigenvalue weighted by Crippen LogP contribution is 2.33. The first-order valence-electron chi connectivity index (χ1n) is 17.5. The number of nitrogens with zero attached hydrogens (tertiary/aromatic N) is 2. The van der Waals surface area contributed by atoms with Crippen molar-refractivity contribution in [2.75, 3.05) is 25.9 Å². The van der Waals surface area contributed by atoms with E-state index < -0.39 is 74.6 Å². The number of hydrogen-bond donors (Lipinski definition) is 4. The molecule has 0 spiro atoms. The fourth-order valence-electron chi connectivity index (χ4n) is 6.03. The second-order valence-electron chi connectivity index (χ2n) is 16.0. The molecule has 0 saturated carbocycles. The summed E-state index contributed by atoms with van der Waals surface area (Å²) in [4.78, 5) is 69.1. The third-order valence-corrected chi connectivity index (χ3v) is 10.5. The smallest absolute Gasteiger partial charge is 0.315 e. The minimum atomic E-state index is -3.57. The molecule has 0 radical (unpaired) electrons. The first-order valence-corrected chi connectivity index (χ1v) is 19.3. The molecule has 0 aromatic rings. The number of sulfonamides is 1. The van der Waals surface area contributed by atoms with Gasteiger partial charge in [-0.25, -0.2) is 13.2 Å². The van der Waals surface area contributed by atoms with Gasteiger partial charge in [-0.15, -0.1) is 6.58 Å². The summed E-state index contributed by atoms with van der Waals surface area (Å²) in [5.74, 6) is -2.74. The van der Waals surface area contributed by atoms with E-state index in [-0.39, 0.29) is 43.9 Å². The van der Waals surface area contributed by atoms with E-state index >= 15 is 0 Å². The van der Waals surface area contributed by atoms with E-state index in [9.17, 15) is 32.4 Å². The van der Waals surface area contributed by atoms with Crippen LogP contribution in [-0.4, -0.2) is 103 Å². The molecule has 1 rings (SSSR count). The summed E-state index contributed by atoms with van der Waals surface area (Å²) in [6.45, 7) is 24.5. The largest absolute Gasteiger partial charge is 0.346 e. The average Bonchev–Trinajstić information content (AvgIpc) is 3.42. The molecule has 1 aliphatic heterocycles. The lowest BCUT2D eigenvalue weighted by atomic mass is 9.84. The summed E-state index contributed by atoms with van der Waals surface area (Å²) < 4.78 is 26.4. The predicted molar refractivity (Wildman–Crippen MR) is 193 cm³/mol. The summed E-state index contributed by atoms with van der Waals surface area (Å²) in [6.07, 6.45) is 4.75. The Morgan fingerprint density at radius 2 is 1.55 bits per heavy atom. The maximum Gasteiger partial charge on any atom is 0.315 e. The number of amides is 5. The number of Topliss-reactive ketones (excluding diaryl/α,β-unsaturated/α-hetero) is 1. The van der Waals surface area contributed by atoms with Crippen LogP contribution in [0.15, 0.2) is 12.7 Å². The summed E-state index contributed by atoms with van der Waals surface area (Å²) in [5, 5.41) is 11.0. The van der Waals surface area contributed by atoms with Crippen molar-refractivity contribution < 1.29 is 32.4 Å². The van der Waals surface area contributed by atoms with Crippen LogP contribution in [-0.2, 0) is 29.2 Å². The standard InChI is InChI=1S/C35H64N6O7S/c1-14-16-17-25(28(42)31(44)36-19-15-2)37-30(43)27-24(22(3)4)18-20-40(27)32(45)29(35(10,11)12)39-33(46)38-26(34(7,8)9)21-41(23(5)6)49(13,47)48/h15,22-27,29H,2,14,16-21H2,1,3-13H3,(H,36,44)(H,37,43)(H2,38,39,46)/t24-,25?,26-,27+,29-/m1/s1. The Morgan fingerprint density at radius 3 is 2.00 bits per heavy atom. The molecule has 282 valence electrons.